The summed E-state index contributed by atoms with van der Waals surface area (Å²) in [6, 6.07) is 12.2. The maximum absolute atomic E-state index is 12.4. The van der Waals surface area contributed by atoms with Crippen molar-refractivity contribution < 1.29 is 27.8 Å². The van der Waals surface area contributed by atoms with Crippen molar-refractivity contribution in [3.8, 4) is 11.6 Å². The van der Waals surface area contributed by atoms with Crippen LogP contribution >= 0.6 is 0 Å². The highest BCUT2D eigenvalue weighted by Crippen LogP contribution is 2.38. The summed E-state index contributed by atoms with van der Waals surface area (Å²) in [5.74, 6) is -1.63. The number of halogens is 3. The van der Waals surface area contributed by atoms with Crippen LogP contribution in [0.25, 0.3) is 21.8 Å². The number of aromatic hydroxyl groups is 1. The number of H-pyrrole nitrogens is 2. The molecular weight excluding hydrogens is 377 g/mol. The van der Waals surface area contributed by atoms with Gasteiger partial charge in [-0.1, -0.05) is 18.2 Å². The summed E-state index contributed by atoms with van der Waals surface area (Å²) in [6.45, 7) is 0. The van der Waals surface area contributed by atoms with Gasteiger partial charge in [-0.05, 0) is 30.3 Å². The van der Waals surface area contributed by atoms with E-state index in [9.17, 15) is 23.1 Å². The Labute approximate surface area is 154 Å². The number of aromatic amines is 2. The third-order valence-electron chi connectivity index (χ3n) is 3.96. The molecule has 0 aliphatic rings. The first-order valence-electron chi connectivity index (χ1n) is 7.94. The quantitative estimate of drug-likeness (QED) is 0.422. The van der Waals surface area contributed by atoms with E-state index in [0.29, 0.717) is 5.52 Å². The minimum absolute atomic E-state index is 0.118. The fourth-order valence-corrected chi connectivity index (χ4v) is 2.78. The van der Waals surface area contributed by atoms with Crippen LogP contribution in [-0.2, 0) is 0 Å². The Kier molecular flexibility index (Phi) is 4.03. The van der Waals surface area contributed by atoms with Gasteiger partial charge in [-0.15, -0.1) is 23.4 Å². The second kappa shape index (κ2) is 6.41. The molecule has 7 nitrogen and oxygen atoms in total. The molecule has 0 unspecified atom stereocenters. The molecule has 0 fully saturated rings. The molecule has 2 aromatic carbocycles. The molecule has 2 heterocycles. The lowest BCUT2D eigenvalue weighted by atomic mass is 10.2. The predicted molar refractivity (Wildman–Crippen MR) is 93.8 cm³/mol. The fraction of sp³-hybridized carbons (Fsp3) is 0.0556. The number of carbonyl (C=O) groups is 1. The first-order valence-corrected chi connectivity index (χ1v) is 7.94. The summed E-state index contributed by atoms with van der Waals surface area (Å²) >= 11 is 0. The number of ether oxygens (including phenoxy) is 1. The van der Waals surface area contributed by atoms with Crippen LogP contribution in [0.15, 0.2) is 58.8 Å². The van der Waals surface area contributed by atoms with Gasteiger partial charge in [-0.3, -0.25) is 4.79 Å². The maximum atomic E-state index is 12.4. The zero-order chi connectivity index (χ0) is 19.9. The van der Waals surface area contributed by atoms with Crippen LogP contribution in [0.4, 0.5) is 18.9 Å². The van der Waals surface area contributed by atoms with Crippen LogP contribution in [-0.4, -0.2) is 27.3 Å². The molecule has 0 radical (unpaired) electrons. The van der Waals surface area contributed by atoms with E-state index in [1.54, 1.807) is 18.2 Å². The molecule has 0 saturated carbocycles. The van der Waals surface area contributed by atoms with Gasteiger partial charge in [-0.2, -0.15) is 0 Å². The first-order chi connectivity index (χ1) is 13.3. The number of hydrogen-bond acceptors (Lipinski definition) is 4. The van der Waals surface area contributed by atoms with Crippen molar-refractivity contribution in [3.05, 3.63) is 54.2 Å². The SMILES string of the molecule is O=C(N=Nc1c(O)[nH]c2ccc(OC(F)(F)F)cc12)c1cc2ccccc2[nH]1. The Balaban J connectivity index is 1.66. The van der Waals surface area contributed by atoms with E-state index in [4.69, 9.17) is 0 Å². The monoisotopic (exact) mass is 388 g/mol. The lowest BCUT2D eigenvalue weighted by Crippen LogP contribution is -2.16. The number of amides is 1. The molecule has 142 valence electrons. The van der Waals surface area contributed by atoms with E-state index in [0.717, 1.165) is 23.0 Å². The number of alkyl halides is 3. The Morgan fingerprint density at radius 2 is 1.82 bits per heavy atom. The van der Waals surface area contributed by atoms with Gasteiger partial charge < -0.3 is 19.8 Å². The first kappa shape index (κ1) is 17.6. The molecule has 2 aromatic heterocycles. The van der Waals surface area contributed by atoms with Crippen LogP contribution in [0, 0.1) is 0 Å². The normalized spacial score (nSPS) is 12.2. The Morgan fingerprint density at radius 3 is 2.57 bits per heavy atom. The van der Waals surface area contributed by atoms with E-state index in [1.807, 2.05) is 12.1 Å². The number of rotatable bonds is 3. The van der Waals surface area contributed by atoms with E-state index >= 15 is 0 Å². The number of fused-ring (bicyclic) bond motifs is 2. The molecule has 3 N–H and O–H groups in total. The van der Waals surface area contributed by atoms with Crippen LogP contribution in [0.2, 0.25) is 0 Å². The summed E-state index contributed by atoms with van der Waals surface area (Å²) < 4.78 is 41.1. The van der Waals surface area contributed by atoms with Crippen LogP contribution in [0.5, 0.6) is 11.6 Å². The number of azo groups is 1. The molecule has 28 heavy (non-hydrogen) atoms. The van der Waals surface area contributed by atoms with Gasteiger partial charge in [0.25, 0.3) is 0 Å². The topological polar surface area (TPSA) is 103 Å². The summed E-state index contributed by atoms with van der Waals surface area (Å²) in [4.78, 5) is 17.7. The summed E-state index contributed by atoms with van der Waals surface area (Å²) in [7, 11) is 0. The fourth-order valence-electron chi connectivity index (χ4n) is 2.78. The van der Waals surface area contributed by atoms with Gasteiger partial charge in [0.05, 0.1) is 5.52 Å². The number of para-hydroxylation sites is 1. The van der Waals surface area contributed by atoms with Crippen molar-refractivity contribution in [2.45, 2.75) is 6.36 Å². The van der Waals surface area contributed by atoms with Crippen molar-refractivity contribution in [1.82, 2.24) is 9.97 Å². The minimum atomic E-state index is -4.86. The van der Waals surface area contributed by atoms with Crippen molar-refractivity contribution in [1.29, 1.82) is 0 Å². The molecule has 0 aliphatic heterocycles. The highest BCUT2D eigenvalue weighted by atomic mass is 19.4. The number of benzene rings is 2. The second-order valence-electron chi connectivity index (χ2n) is 5.85. The van der Waals surface area contributed by atoms with E-state index in [1.165, 1.54) is 6.07 Å². The molecule has 1 amide bonds. The van der Waals surface area contributed by atoms with E-state index in [-0.39, 0.29) is 16.8 Å². The van der Waals surface area contributed by atoms with Crippen molar-refractivity contribution in [2.24, 2.45) is 10.2 Å². The zero-order valence-corrected chi connectivity index (χ0v) is 13.9. The molecule has 0 aliphatic carbocycles. The largest absolute Gasteiger partial charge is 0.573 e. The molecule has 0 saturated heterocycles. The number of hydrogen-bond donors (Lipinski definition) is 3. The zero-order valence-electron chi connectivity index (χ0n) is 13.9. The van der Waals surface area contributed by atoms with Crippen LogP contribution < -0.4 is 4.74 Å². The van der Waals surface area contributed by atoms with Crippen LogP contribution in [0.1, 0.15) is 10.5 Å². The van der Waals surface area contributed by atoms with Gasteiger partial charge >= 0.3 is 12.3 Å². The summed E-state index contributed by atoms with van der Waals surface area (Å²) in [5, 5.41) is 18.2. The average molecular weight is 388 g/mol. The maximum Gasteiger partial charge on any atom is 0.573 e. The molecule has 4 rings (SSSR count). The van der Waals surface area contributed by atoms with Gasteiger partial charge in [0.2, 0.25) is 5.88 Å². The standard InChI is InChI=1S/C18H11F3N4O3/c19-18(20,21)28-10-5-6-13-11(8-10)15(17(27)23-13)24-25-16(26)14-7-9-3-1-2-4-12(9)22-14/h1-8,22-23,27H. The summed E-state index contributed by atoms with van der Waals surface area (Å²) in [5.41, 5.74) is 1.06. The Morgan fingerprint density at radius 1 is 1.04 bits per heavy atom. The molecule has 0 atom stereocenters. The minimum Gasteiger partial charge on any atom is -0.493 e. The Bertz CT molecular complexity index is 1190. The lowest BCUT2D eigenvalue weighted by molar-refractivity contribution is -0.274. The molecule has 10 heteroatoms. The number of nitrogens with zero attached hydrogens (tertiary/aromatic N) is 2. The second-order valence-corrected chi connectivity index (χ2v) is 5.85. The highest BCUT2D eigenvalue weighted by molar-refractivity contribution is 5.99. The third-order valence-corrected chi connectivity index (χ3v) is 3.96. The van der Waals surface area contributed by atoms with Gasteiger partial charge in [0.15, 0.2) is 5.69 Å². The number of nitrogens with one attached hydrogen (secondary N) is 2. The average Bonchev–Trinajstić information content (AvgIpc) is 3.19. The Hall–Kier alpha value is -3.82. The highest BCUT2D eigenvalue weighted by Gasteiger charge is 2.31. The molecule has 0 bridgehead atoms. The number of carbonyl (C=O) groups excluding carboxylic acids is 1. The van der Waals surface area contributed by atoms with Gasteiger partial charge in [0.1, 0.15) is 11.4 Å². The summed E-state index contributed by atoms with van der Waals surface area (Å²) in [6.07, 6.45) is -4.86. The third kappa shape index (κ3) is 3.39. The molecular formula is C18H11F3N4O3. The molecule has 0 spiro atoms. The van der Waals surface area contributed by atoms with E-state index in [2.05, 4.69) is 24.9 Å². The van der Waals surface area contributed by atoms with Crippen molar-refractivity contribution in [2.75, 3.05) is 0 Å². The van der Waals surface area contributed by atoms with Crippen molar-refractivity contribution in [3.63, 3.8) is 0 Å². The predicted octanol–water partition coefficient (Wildman–Crippen LogP) is 5.18. The van der Waals surface area contributed by atoms with Crippen LogP contribution in [0.3, 0.4) is 0 Å². The van der Waals surface area contributed by atoms with E-state index < -0.39 is 23.9 Å². The van der Waals surface area contributed by atoms with Crippen molar-refractivity contribution >= 4 is 33.4 Å². The molecule has 4 aromatic rings. The number of aromatic nitrogens is 2. The smallest absolute Gasteiger partial charge is 0.493 e. The van der Waals surface area contributed by atoms with Gasteiger partial charge in [0, 0.05) is 16.3 Å². The van der Waals surface area contributed by atoms with Gasteiger partial charge in [-0.25, -0.2) is 0 Å². The lowest BCUT2D eigenvalue weighted by Gasteiger charge is -2.08.